The molecule has 2 aromatic heterocycles. The summed E-state index contributed by atoms with van der Waals surface area (Å²) in [7, 11) is 0. The number of amides is 1. The molecular formula is C25H22F6N4O3. The van der Waals surface area contributed by atoms with Crippen LogP contribution in [0.1, 0.15) is 12.5 Å². The van der Waals surface area contributed by atoms with Crippen LogP contribution in [0, 0.1) is 0 Å². The van der Waals surface area contributed by atoms with Crippen molar-refractivity contribution in [3.63, 3.8) is 0 Å². The second-order valence-electron chi connectivity index (χ2n) is 8.43. The lowest BCUT2D eigenvalue weighted by Gasteiger charge is -2.21. The summed E-state index contributed by atoms with van der Waals surface area (Å²) in [6.45, 7) is 0.592. The van der Waals surface area contributed by atoms with Crippen LogP contribution in [0.5, 0.6) is 5.75 Å². The third-order valence-corrected chi connectivity index (χ3v) is 5.78. The summed E-state index contributed by atoms with van der Waals surface area (Å²) < 4.78 is 85.8. The Hall–Kier alpha value is -4.00. The summed E-state index contributed by atoms with van der Waals surface area (Å²) >= 11 is 0. The summed E-state index contributed by atoms with van der Waals surface area (Å²) in [5.74, 6) is -1.22. The van der Waals surface area contributed by atoms with Gasteiger partial charge in [0.25, 0.3) is 0 Å². The van der Waals surface area contributed by atoms with E-state index in [2.05, 4.69) is 20.3 Å². The van der Waals surface area contributed by atoms with Gasteiger partial charge < -0.3 is 19.7 Å². The highest BCUT2D eigenvalue weighted by atomic mass is 19.4. The predicted molar refractivity (Wildman–Crippen MR) is 126 cm³/mol. The van der Waals surface area contributed by atoms with Gasteiger partial charge in [-0.05, 0) is 43.3 Å². The van der Waals surface area contributed by atoms with Gasteiger partial charge in [-0.3, -0.25) is 9.89 Å². The number of H-pyrrole nitrogens is 1. The number of halogens is 6. The van der Waals surface area contributed by atoms with Gasteiger partial charge in [-0.2, -0.15) is 31.4 Å². The maximum absolute atomic E-state index is 13.7. The fraction of sp³-hybridized carbons (Fsp3) is 0.280. The van der Waals surface area contributed by atoms with Crippen LogP contribution in [0.3, 0.4) is 0 Å². The van der Waals surface area contributed by atoms with Crippen molar-refractivity contribution in [2.75, 3.05) is 13.2 Å². The van der Waals surface area contributed by atoms with E-state index in [0.717, 1.165) is 17.0 Å². The van der Waals surface area contributed by atoms with Crippen LogP contribution in [0.4, 0.5) is 26.3 Å². The first-order valence-corrected chi connectivity index (χ1v) is 11.3. The zero-order valence-corrected chi connectivity index (χ0v) is 19.8. The molecule has 1 atom stereocenters. The topological polar surface area (TPSA) is 92.2 Å². The first kappa shape index (κ1) is 27.0. The van der Waals surface area contributed by atoms with Crippen molar-refractivity contribution in [3.8, 4) is 28.3 Å². The summed E-state index contributed by atoms with van der Waals surface area (Å²) in [6.07, 6.45) is -10.5. The Bertz CT molecular complexity index is 1440. The molecular weight excluding hydrogens is 518 g/mol. The zero-order chi connectivity index (χ0) is 27.7. The van der Waals surface area contributed by atoms with Crippen molar-refractivity contribution in [3.05, 3.63) is 60.3 Å². The number of carbonyl (C=O) groups is 1. The number of fused-ring (bicyclic) bond motifs is 1. The van der Waals surface area contributed by atoms with E-state index in [4.69, 9.17) is 5.11 Å². The van der Waals surface area contributed by atoms with Gasteiger partial charge >= 0.3 is 12.4 Å². The van der Waals surface area contributed by atoms with Gasteiger partial charge in [-0.15, -0.1) is 0 Å². The summed E-state index contributed by atoms with van der Waals surface area (Å²) in [6, 6.07) is 11.4. The highest BCUT2D eigenvalue weighted by molar-refractivity contribution is 5.95. The predicted octanol–water partition coefficient (Wildman–Crippen LogP) is 5.16. The number of alkyl halides is 6. The Kier molecular flexibility index (Phi) is 7.40. The molecule has 0 saturated heterocycles. The molecule has 38 heavy (non-hydrogen) atoms. The molecule has 4 rings (SSSR count). The number of hydrogen-bond acceptors (Lipinski definition) is 4. The van der Waals surface area contributed by atoms with Crippen LogP contribution in [0.25, 0.3) is 33.4 Å². The Morgan fingerprint density at radius 1 is 1.13 bits per heavy atom. The number of ether oxygens (including phenoxy) is 1. The Morgan fingerprint density at radius 3 is 2.58 bits per heavy atom. The van der Waals surface area contributed by atoms with E-state index in [1.807, 2.05) is 0 Å². The fourth-order valence-corrected chi connectivity index (χ4v) is 3.88. The molecule has 1 amide bonds. The van der Waals surface area contributed by atoms with Crippen LogP contribution < -0.4 is 10.1 Å². The van der Waals surface area contributed by atoms with Gasteiger partial charge in [0.05, 0.1) is 23.6 Å². The molecule has 0 saturated carbocycles. The van der Waals surface area contributed by atoms with Gasteiger partial charge in [0.1, 0.15) is 12.3 Å². The summed E-state index contributed by atoms with van der Waals surface area (Å²) in [5.41, 5.74) is 0.683. The second kappa shape index (κ2) is 10.4. The quantitative estimate of drug-likeness (QED) is 0.270. The fourth-order valence-electron chi connectivity index (χ4n) is 3.88. The average Bonchev–Trinajstić information content (AvgIpc) is 3.49. The maximum atomic E-state index is 13.7. The van der Waals surface area contributed by atoms with Crippen molar-refractivity contribution >= 4 is 16.8 Å². The molecule has 0 fully saturated rings. The lowest BCUT2D eigenvalue weighted by atomic mass is 10.0. The van der Waals surface area contributed by atoms with Crippen molar-refractivity contribution in [1.82, 2.24) is 20.1 Å². The average molecular weight is 540 g/mol. The molecule has 0 aliphatic heterocycles. The minimum Gasteiger partial charge on any atom is -0.481 e. The lowest BCUT2D eigenvalue weighted by Crippen LogP contribution is -2.31. The Labute approximate surface area is 212 Å². The molecule has 0 unspecified atom stereocenters. The largest absolute Gasteiger partial charge is 0.481 e. The molecule has 0 bridgehead atoms. The molecule has 4 aromatic rings. The standard InChI is InChI=1S/C25H22F6N4O3/c1-14(24(26,27)28)38-22-6-5-15(11-18(22)25(29,30)31)19-12-20(34-33-19)16-3-2-4-21-17(16)7-9-35(21)13-23(37)32-8-10-36/h2-7,9,11-12,14,36H,8,10,13H2,1H3,(H,32,37)(H,33,34)/t14-/m0/s1. The molecule has 0 spiro atoms. The molecule has 13 heteroatoms. The van der Waals surface area contributed by atoms with E-state index >= 15 is 0 Å². The SMILES string of the molecule is C[C@H](Oc1ccc(-c2cc(-c3cccc4c3ccn4CC(=O)NCCO)[nH]n2)cc1C(F)(F)F)C(F)(F)F. The number of rotatable bonds is 8. The van der Waals surface area contributed by atoms with Crippen LogP contribution >= 0.6 is 0 Å². The van der Waals surface area contributed by atoms with Crippen molar-refractivity contribution in [1.29, 1.82) is 0 Å². The number of nitrogens with one attached hydrogen (secondary N) is 2. The van der Waals surface area contributed by atoms with Gasteiger partial charge in [-0.1, -0.05) is 12.1 Å². The van der Waals surface area contributed by atoms with Crippen LogP contribution in [-0.2, 0) is 17.5 Å². The molecule has 0 aliphatic rings. The van der Waals surface area contributed by atoms with Crippen molar-refractivity contribution < 1.29 is 41.0 Å². The molecule has 0 aliphatic carbocycles. The van der Waals surface area contributed by atoms with E-state index in [0.29, 0.717) is 24.2 Å². The summed E-state index contributed by atoms with van der Waals surface area (Å²) in [5, 5.41) is 19.1. The Morgan fingerprint density at radius 2 is 1.89 bits per heavy atom. The molecule has 2 heterocycles. The molecule has 202 valence electrons. The third kappa shape index (κ3) is 5.77. The lowest BCUT2D eigenvalue weighted by molar-refractivity contribution is -0.191. The van der Waals surface area contributed by atoms with E-state index in [9.17, 15) is 31.1 Å². The number of benzene rings is 2. The minimum atomic E-state index is -4.96. The number of hydrogen-bond donors (Lipinski definition) is 3. The van der Waals surface area contributed by atoms with Gasteiger partial charge in [0, 0.05) is 34.8 Å². The molecule has 2 aromatic carbocycles. The number of nitrogens with zero attached hydrogens (tertiary/aromatic N) is 2. The maximum Gasteiger partial charge on any atom is 0.425 e. The monoisotopic (exact) mass is 540 g/mol. The van der Waals surface area contributed by atoms with E-state index in [-0.39, 0.29) is 36.9 Å². The highest BCUT2D eigenvalue weighted by Crippen LogP contribution is 2.40. The number of aliphatic hydroxyl groups excluding tert-OH is 1. The second-order valence-corrected chi connectivity index (χ2v) is 8.43. The van der Waals surface area contributed by atoms with E-state index in [1.54, 1.807) is 35.0 Å². The summed E-state index contributed by atoms with van der Waals surface area (Å²) in [4.78, 5) is 12.1. The molecule has 3 N–H and O–H groups in total. The highest BCUT2D eigenvalue weighted by Gasteiger charge is 2.41. The number of aliphatic hydroxyl groups is 1. The van der Waals surface area contributed by atoms with Crippen molar-refractivity contribution in [2.45, 2.75) is 31.9 Å². The van der Waals surface area contributed by atoms with E-state index < -0.39 is 29.8 Å². The van der Waals surface area contributed by atoms with Gasteiger partial charge in [0.2, 0.25) is 5.91 Å². The minimum absolute atomic E-state index is 0.0166. The first-order valence-electron chi connectivity index (χ1n) is 11.3. The van der Waals surface area contributed by atoms with E-state index in [1.165, 1.54) is 12.1 Å². The van der Waals surface area contributed by atoms with Crippen molar-refractivity contribution in [2.24, 2.45) is 0 Å². The Balaban J connectivity index is 1.65. The molecule has 0 radical (unpaired) electrons. The molecule has 7 nitrogen and oxygen atoms in total. The van der Waals surface area contributed by atoms with Crippen LogP contribution in [-0.4, -0.2) is 51.2 Å². The number of carbonyl (C=O) groups excluding carboxylic acids is 1. The number of aromatic amines is 1. The zero-order valence-electron chi connectivity index (χ0n) is 19.8. The normalized spacial score (nSPS) is 13.1. The van der Waals surface area contributed by atoms with Gasteiger partial charge in [-0.25, -0.2) is 0 Å². The van der Waals surface area contributed by atoms with Crippen LogP contribution in [0.2, 0.25) is 0 Å². The first-order chi connectivity index (χ1) is 17.9. The number of aromatic nitrogens is 3. The van der Waals surface area contributed by atoms with Crippen LogP contribution in [0.15, 0.2) is 54.7 Å². The van der Waals surface area contributed by atoms with Gasteiger partial charge in [0.15, 0.2) is 6.10 Å². The third-order valence-electron chi connectivity index (χ3n) is 5.78. The smallest absolute Gasteiger partial charge is 0.425 e.